The molecule has 2 aromatic rings. The number of oxazole rings is 1. The minimum Gasteiger partial charge on any atom is -0.408 e. The van der Waals surface area contributed by atoms with E-state index >= 15 is 0 Å². The van der Waals surface area contributed by atoms with Gasteiger partial charge in [0.2, 0.25) is 0 Å². The van der Waals surface area contributed by atoms with Crippen LogP contribution in [0.15, 0.2) is 31.9 Å². The summed E-state index contributed by atoms with van der Waals surface area (Å²) in [7, 11) is -0.592. The van der Waals surface area contributed by atoms with E-state index in [2.05, 4.69) is 29.0 Å². The van der Waals surface area contributed by atoms with E-state index in [-0.39, 0.29) is 12.5 Å². The second-order valence-corrected chi connectivity index (χ2v) is 8.91. The van der Waals surface area contributed by atoms with Crippen molar-refractivity contribution in [2.45, 2.75) is 25.9 Å². The molecule has 98 valence electrons. The van der Waals surface area contributed by atoms with Crippen molar-refractivity contribution in [3.05, 3.63) is 33.2 Å². The van der Waals surface area contributed by atoms with Gasteiger partial charge in [0.25, 0.3) is 0 Å². The van der Waals surface area contributed by atoms with Crippen LogP contribution in [-0.4, -0.2) is 20.0 Å². The third-order valence-corrected chi connectivity index (χ3v) is 4.57. The van der Waals surface area contributed by atoms with Gasteiger partial charge in [-0.05, 0) is 24.2 Å². The first-order chi connectivity index (χ1) is 8.58. The van der Waals surface area contributed by atoms with E-state index in [0.717, 1.165) is 16.0 Å². The number of nitrogens with zero attached hydrogens (tertiary/aromatic N) is 1. The zero-order valence-corrected chi connectivity index (χ0v) is 13.2. The van der Waals surface area contributed by atoms with Crippen molar-refractivity contribution in [1.29, 1.82) is 0 Å². The normalized spacial score (nSPS) is 11.6. The highest BCUT2D eigenvalue weighted by Gasteiger charge is 2.09. The van der Waals surface area contributed by atoms with E-state index in [1.54, 1.807) is 6.07 Å². The number of benzene rings is 1. The fraction of sp³-hybridized carbons (Fsp3) is 0.417. The van der Waals surface area contributed by atoms with Gasteiger partial charge in [0.05, 0.1) is 5.52 Å². The highest BCUT2D eigenvalue weighted by atomic mass is 79.9. The number of hydrogen-bond acceptors (Lipinski definition) is 3. The van der Waals surface area contributed by atoms with E-state index in [9.17, 15) is 4.79 Å². The van der Waals surface area contributed by atoms with Crippen LogP contribution >= 0.6 is 15.9 Å². The maximum Gasteiger partial charge on any atom is 0.421 e. The number of halogens is 1. The van der Waals surface area contributed by atoms with E-state index in [1.165, 1.54) is 4.57 Å². The summed E-state index contributed by atoms with van der Waals surface area (Å²) in [4.78, 5) is 11.7. The summed E-state index contributed by atoms with van der Waals surface area (Å²) in [5, 5.41) is 0. The second kappa shape index (κ2) is 5.86. The van der Waals surface area contributed by atoms with Crippen LogP contribution in [-0.2, 0) is 11.5 Å². The third-order valence-electron chi connectivity index (χ3n) is 2.69. The highest BCUT2D eigenvalue weighted by Crippen LogP contribution is 2.18. The Hall–Kier alpha value is -0.853. The summed E-state index contributed by atoms with van der Waals surface area (Å²) in [6, 6.07) is 6.64. The molecule has 6 heteroatoms. The molecule has 1 aromatic heterocycles. The molecule has 0 fully saturated rings. The zero-order valence-electron chi connectivity index (χ0n) is 10.5. The Bertz CT molecular complexity index is 591. The van der Waals surface area contributed by atoms with Crippen molar-refractivity contribution in [1.82, 2.24) is 4.57 Å². The van der Waals surface area contributed by atoms with Gasteiger partial charge in [-0.25, -0.2) is 9.36 Å². The quantitative estimate of drug-likeness (QED) is 0.625. The lowest BCUT2D eigenvalue weighted by molar-refractivity contribution is 0.0854. The molecule has 0 saturated heterocycles. The third kappa shape index (κ3) is 3.12. The van der Waals surface area contributed by atoms with Crippen molar-refractivity contribution >= 4 is 35.8 Å². The van der Waals surface area contributed by atoms with Crippen LogP contribution in [0.2, 0.25) is 19.1 Å². The molecular weight excluding hydrogens is 314 g/mol. The molecule has 0 unspecified atom stereocenters. The Balaban J connectivity index is 2.13. The maximum atomic E-state index is 11.7. The predicted octanol–water partition coefficient (Wildman–Crippen LogP) is 2.82. The molecule has 0 amide bonds. The average molecular weight is 330 g/mol. The topological polar surface area (TPSA) is 44.4 Å². The van der Waals surface area contributed by atoms with Gasteiger partial charge in [-0.3, -0.25) is 0 Å². The minimum atomic E-state index is -0.592. The van der Waals surface area contributed by atoms with Crippen LogP contribution in [0.5, 0.6) is 0 Å². The smallest absolute Gasteiger partial charge is 0.408 e. The Morgan fingerprint density at radius 2 is 2.22 bits per heavy atom. The fourth-order valence-corrected chi connectivity index (χ4v) is 2.62. The molecule has 0 radical (unpaired) electrons. The van der Waals surface area contributed by atoms with Gasteiger partial charge in [0, 0.05) is 19.9 Å². The molecule has 1 heterocycles. The summed E-state index contributed by atoms with van der Waals surface area (Å²) in [5.41, 5.74) is 1.35. The molecule has 0 atom stereocenters. The van der Waals surface area contributed by atoms with Crippen molar-refractivity contribution in [3.63, 3.8) is 0 Å². The SMILES string of the molecule is C[SiH](C)CCOCn1c(=O)oc2cc(Br)ccc21. The van der Waals surface area contributed by atoms with Crippen LogP contribution in [0.25, 0.3) is 11.1 Å². The molecule has 0 aliphatic heterocycles. The van der Waals surface area contributed by atoms with Gasteiger partial charge in [0.15, 0.2) is 5.58 Å². The average Bonchev–Trinajstić information content (AvgIpc) is 2.59. The largest absolute Gasteiger partial charge is 0.421 e. The first kappa shape index (κ1) is 13.6. The fourth-order valence-electron chi connectivity index (χ4n) is 1.64. The van der Waals surface area contributed by atoms with Gasteiger partial charge in [-0.15, -0.1) is 0 Å². The Labute approximate surface area is 115 Å². The summed E-state index contributed by atoms with van der Waals surface area (Å²) in [5.74, 6) is -0.370. The van der Waals surface area contributed by atoms with Crippen LogP contribution in [0.4, 0.5) is 0 Å². The maximum absolute atomic E-state index is 11.7. The minimum absolute atomic E-state index is 0.259. The van der Waals surface area contributed by atoms with E-state index in [1.807, 2.05) is 12.1 Å². The monoisotopic (exact) mass is 329 g/mol. The molecule has 0 N–H and O–H groups in total. The van der Waals surface area contributed by atoms with Gasteiger partial charge in [-0.1, -0.05) is 29.0 Å². The van der Waals surface area contributed by atoms with E-state index in [4.69, 9.17) is 9.15 Å². The second-order valence-electron chi connectivity index (χ2n) is 4.63. The lowest BCUT2D eigenvalue weighted by Crippen LogP contribution is -2.17. The molecule has 2 rings (SSSR count). The molecule has 4 nitrogen and oxygen atoms in total. The Morgan fingerprint density at radius 1 is 1.44 bits per heavy atom. The molecule has 0 aliphatic rings. The van der Waals surface area contributed by atoms with E-state index in [0.29, 0.717) is 12.2 Å². The Kier molecular flexibility index (Phi) is 4.42. The molecule has 18 heavy (non-hydrogen) atoms. The number of aromatic nitrogens is 1. The predicted molar refractivity (Wildman–Crippen MR) is 77.8 cm³/mol. The van der Waals surface area contributed by atoms with Crippen molar-refractivity contribution in [3.8, 4) is 0 Å². The Morgan fingerprint density at radius 3 is 2.94 bits per heavy atom. The summed E-state index contributed by atoms with van der Waals surface area (Å²) < 4.78 is 13.1. The first-order valence-electron chi connectivity index (χ1n) is 5.94. The lowest BCUT2D eigenvalue weighted by atomic mass is 10.3. The molecule has 0 aliphatic carbocycles. The van der Waals surface area contributed by atoms with E-state index < -0.39 is 8.80 Å². The molecular formula is C12H16BrNO3Si. The molecule has 0 saturated carbocycles. The molecule has 1 aromatic carbocycles. The van der Waals surface area contributed by atoms with Crippen LogP contribution in [0.3, 0.4) is 0 Å². The van der Waals surface area contributed by atoms with Crippen LogP contribution in [0, 0.1) is 0 Å². The van der Waals surface area contributed by atoms with Crippen molar-refractivity contribution in [2.75, 3.05) is 6.61 Å². The highest BCUT2D eigenvalue weighted by molar-refractivity contribution is 9.10. The van der Waals surface area contributed by atoms with Crippen LogP contribution in [0.1, 0.15) is 0 Å². The number of fused-ring (bicyclic) bond motifs is 1. The molecule has 0 bridgehead atoms. The van der Waals surface area contributed by atoms with Crippen molar-refractivity contribution in [2.24, 2.45) is 0 Å². The van der Waals surface area contributed by atoms with Gasteiger partial charge in [-0.2, -0.15) is 0 Å². The standard InChI is InChI=1S/C12H16BrNO3Si/c1-18(2)6-5-16-8-14-10-4-3-9(13)7-11(10)17-12(14)15/h3-4,7,18H,5-6,8H2,1-2H3. The first-order valence-corrected chi connectivity index (χ1v) is 9.86. The molecule has 0 spiro atoms. The van der Waals surface area contributed by atoms with Crippen molar-refractivity contribution < 1.29 is 9.15 Å². The number of rotatable bonds is 5. The summed E-state index contributed by atoms with van der Waals surface area (Å²) in [6.07, 6.45) is 0. The van der Waals surface area contributed by atoms with Crippen LogP contribution < -0.4 is 5.76 Å². The summed E-state index contributed by atoms with van der Waals surface area (Å²) >= 11 is 3.35. The van der Waals surface area contributed by atoms with Gasteiger partial charge < -0.3 is 9.15 Å². The summed E-state index contributed by atoms with van der Waals surface area (Å²) in [6.45, 7) is 5.52. The number of ether oxygens (including phenoxy) is 1. The van der Waals surface area contributed by atoms with Gasteiger partial charge in [0.1, 0.15) is 6.73 Å². The lowest BCUT2D eigenvalue weighted by Gasteiger charge is -2.06. The zero-order chi connectivity index (χ0) is 13.1. The number of hydrogen-bond donors (Lipinski definition) is 0. The van der Waals surface area contributed by atoms with Gasteiger partial charge >= 0.3 is 5.76 Å².